The van der Waals surface area contributed by atoms with Gasteiger partial charge in [-0.1, -0.05) is 13.3 Å². The van der Waals surface area contributed by atoms with E-state index >= 15 is 0 Å². The van der Waals surface area contributed by atoms with Crippen molar-refractivity contribution in [1.82, 2.24) is 9.88 Å². The van der Waals surface area contributed by atoms with Gasteiger partial charge >= 0.3 is 0 Å². The lowest BCUT2D eigenvalue weighted by molar-refractivity contribution is 0.128. The first-order chi connectivity index (χ1) is 11.3. The number of nitrogens with one attached hydrogen (secondary N) is 1. The van der Waals surface area contributed by atoms with Gasteiger partial charge < -0.3 is 14.6 Å². The van der Waals surface area contributed by atoms with Crippen LogP contribution >= 0.6 is 0 Å². The molecule has 0 spiro atoms. The Bertz CT molecular complexity index is 610. The summed E-state index contributed by atoms with van der Waals surface area (Å²) in [5.74, 6) is 0. The standard InChI is InChI=1S/C19H25N3O/c1-2-3-13-23-14-5-11-21-16-19-6-4-12-22(19)18-9-7-17(15-20)8-10-18/h4,6-10,12,21H,2-3,5,11,13-14,16H2,1H3. The Labute approximate surface area is 138 Å². The van der Waals surface area contributed by atoms with Crippen LogP contribution < -0.4 is 5.32 Å². The summed E-state index contributed by atoms with van der Waals surface area (Å²) in [7, 11) is 0. The first-order valence-corrected chi connectivity index (χ1v) is 8.30. The van der Waals surface area contributed by atoms with Crippen molar-refractivity contribution in [2.75, 3.05) is 19.8 Å². The molecular formula is C19H25N3O. The molecule has 0 unspecified atom stereocenters. The molecule has 0 amide bonds. The molecule has 1 aromatic carbocycles. The van der Waals surface area contributed by atoms with Crippen LogP contribution in [-0.4, -0.2) is 24.3 Å². The molecule has 0 aliphatic carbocycles. The van der Waals surface area contributed by atoms with E-state index in [1.165, 1.54) is 12.1 Å². The molecule has 1 heterocycles. The molecule has 0 aliphatic heterocycles. The second-order valence-electron chi connectivity index (χ2n) is 5.52. The summed E-state index contributed by atoms with van der Waals surface area (Å²) in [4.78, 5) is 0. The van der Waals surface area contributed by atoms with Crippen LogP contribution in [0.5, 0.6) is 0 Å². The fourth-order valence-electron chi connectivity index (χ4n) is 2.37. The highest BCUT2D eigenvalue weighted by Crippen LogP contribution is 2.13. The Morgan fingerprint density at radius 3 is 2.65 bits per heavy atom. The number of aromatic nitrogens is 1. The minimum absolute atomic E-state index is 0.684. The maximum absolute atomic E-state index is 8.87. The van der Waals surface area contributed by atoms with E-state index in [1.807, 2.05) is 36.5 Å². The second-order valence-corrected chi connectivity index (χ2v) is 5.52. The summed E-state index contributed by atoms with van der Waals surface area (Å²) in [5.41, 5.74) is 2.97. The maximum atomic E-state index is 8.87. The molecule has 0 radical (unpaired) electrons. The van der Waals surface area contributed by atoms with Gasteiger partial charge in [0.1, 0.15) is 0 Å². The first kappa shape index (κ1) is 17.3. The zero-order valence-electron chi connectivity index (χ0n) is 13.8. The predicted octanol–water partition coefficient (Wildman–Crippen LogP) is 3.65. The average Bonchev–Trinajstić information content (AvgIpc) is 3.06. The normalized spacial score (nSPS) is 10.6. The van der Waals surface area contributed by atoms with Crippen LogP contribution in [0.4, 0.5) is 0 Å². The van der Waals surface area contributed by atoms with E-state index in [-0.39, 0.29) is 0 Å². The van der Waals surface area contributed by atoms with Crippen LogP contribution in [0.3, 0.4) is 0 Å². The highest BCUT2D eigenvalue weighted by atomic mass is 16.5. The third-order valence-corrected chi connectivity index (χ3v) is 3.70. The molecule has 4 nitrogen and oxygen atoms in total. The smallest absolute Gasteiger partial charge is 0.0991 e. The van der Waals surface area contributed by atoms with Gasteiger partial charge in [0.15, 0.2) is 0 Å². The van der Waals surface area contributed by atoms with Gasteiger partial charge in [-0.3, -0.25) is 0 Å². The summed E-state index contributed by atoms with van der Waals surface area (Å²) < 4.78 is 7.70. The third-order valence-electron chi connectivity index (χ3n) is 3.70. The molecule has 0 atom stereocenters. The fourth-order valence-corrected chi connectivity index (χ4v) is 2.37. The lowest BCUT2D eigenvalue weighted by Crippen LogP contribution is -2.18. The Morgan fingerprint density at radius 1 is 1.13 bits per heavy atom. The highest BCUT2D eigenvalue weighted by molar-refractivity contribution is 5.41. The van der Waals surface area contributed by atoms with Gasteiger partial charge in [-0.05, 0) is 55.8 Å². The molecule has 0 aliphatic rings. The molecule has 0 saturated carbocycles. The van der Waals surface area contributed by atoms with E-state index in [1.54, 1.807) is 0 Å². The first-order valence-electron chi connectivity index (χ1n) is 8.30. The van der Waals surface area contributed by atoms with E-state index in [0.717, 1.165) is 44.8 Å². The minimum atomic E-state index is 0.684. The van der Waals surface area contributed by atoms with Crippen molar-refractivity contribution in [3.63, 3.8) is 0 Å². The van der Waals surface area contributed by atoms with Crippen molar-refractivity contribution < 1.29 is 4.74 Å². The zero-order valence-corrected chi connectivity index (χ0v) is 13.8. The molecule has 4 heteroatoms. The number of ether oxygens (including phenoxy) is 1. The van der Waals surface area contributed by atoms with Crippen LogP contribution in [0.15, 0.2) is 42.6 Å². The van der Waals surface area contributed by atoms with Crippen molar-refractivity contribution in [2.24, 2.45) is 0 Å². The monoisotopic (exact) mass is 311 g/mol. The van der Waals surface area contributed by atoms with Gasteiger partial charge in [-0.2, -0.15) is 5.26 Å². The van der Waals surface area contributed by atoms with E-state index in [0.29, 0.717) is 5.56 Å². The van der Waals surface area contributed by atoms with Crippen molar-refractivity contribution in [3.05, 3.63) is 53.9 Å². The fraction of sp³-hybridized carbons (Fsp3) is 0.421. The minimum Gasteiger partial charge on any atom is -0.381 e. The molecule has 1 N–H and O–H groups in total. The molecule has 2 aromatic rings. The van der Waals surface area contributed by atoms with Crippen molar-refractivity contribution in [2.45, 2.75) is 32.7 Å². The molecule has 1 aromatic heterocycles. The van der Waals surface area contributed by atoms with E-state index in [9.17, 15) is 0 Å². The predicted molar refractivity (Wildman–Crippen MR) is 92.5 cm³/mol. The Morgan fingerprint density at radius 2 is 1.91 bits per heavy atom. The Hall–Kier alpha value is -2.09. The molecule has 23 heavy (non-hydrogen) atoms. The Kier molecular flexibility index (Phi) is 7.38. The molecule has 0 saturated heterocycles. The molecular weight excluding hydrogens is 286 g/mol. The van der Waals surface area contributed by atoms with Gasteiger partial charge in [0, 0.05) is 37.3 Å². The van der Waals surface area contributed by atoms with Gasteiger partial charge in [0.2, 0.25) is 0 Å². The molecule has 2 rings (SSSR count). The summed E-state index contributed by atoms with van der Waals surface area (Å²) in [6.07, 6.45) is 5.41. The maximum Gasteiger partial charge on any atom is 0.0991 e. The van der Waals surface area contributed by atoms with Gasteiger partial charge in [0.25, 0.3) is 0 Å². The van der Waals surface area contributed by atoms with E-state index in [4.69, 9.17) is 10.00 Å². The van der Waals surface area contributed by atoms with E-state index < -0.39 is 0 Å². The largest absolute Gasteiger partial charge is 0.381 e. The van der Waals surface area contributed by atoms with Crippen LogP contribution in [0, 0.1) is 11.3 Å². The summed E-state index contributed by atoms with van der Waals surface area (Å²) in [5, 5.41) is 12.3. The number of hydrogen-bond acceptors (Lipinski definition) is 3. The SMILES string of the molecule is CCCCOCCCNCc1cccn1-c1ccc(C#N)cc1. The second kappa shape index (κ2) is 9.83. The zero-order chi connectivity index (χ0) is 16.3. The van der Waals surface area contributed by atoms with Crippen LogP contribution in [0.2, 0.25) is 0 Å². The quantitative estimate of drug-likeness (QED) is 0.681. The lowest BCUT2D eigenvalue weighted by Gasteiger charge is -2.10. The average molecular weight is 311 g/mol. The topological polar surface area (TPSA) is 50.0 Å². The van der Waals surface area contributed by atoms with E-state index in [2.05, 4.69) is 28.9 Å². The number of hydrogen-bond donors (Lipinski definition) is 1. The highest BCUT2D eigenvalue weighted by Gasteiger charge is 2.03. The van der Waals surface area contributed by atoms with Crippen molar-refractivity contribution in [1.29, 1.82) is 5.26 Å². The van der Waals surface area contributed by atoms with Crippen LogP contribution in [0.25, 0.3) is 5.69 Å². The number of unbranched alkanes of at least 4 members (excludes halogenated alkanes) is 1. The third kappa shape index (κ3) is 5.55. The number of nitriles is 1. The Balaban J connectivity index is 1.76. The van der Waals surface area contributed by atoms with Crippen LogP contribution in [0.1, 0.15) is 37.4 Å². The lowest BCUT2D eigenvalue weighted by atomic mass is 10.2. The molecule has 0 fully saturated rings. The van der Waals surface area contributed by atoms with Crippen LogP contribution in [-0.2, 0) is 11.3 Å². The number of nitrogens with zero attached hydrogens (tertiary/aromatic N) is 2. The van der Waals surface area contributed by atoms with Gasteiger partial charge in [-0.15, -0.1) is 0 Å². The van der Waals surface area contributed by atoms with Gasteiger partial charge in [0.05, 0.1) is 11.6 Å². The number of benzene rings is 1. The summed E-state index contributed by atoms with van der Waals surface area (Å²) in [6.45, 7) is 5.64. The van der Waals surface area contributed by atoms with Crippen molar-refractivity contribution >= 4 is 0 Å². The molecule has 0 bridgehead atoms. The number of rotatable bonds is 10. The van der Waals surface area contributed by atoms with Crippen molar-refractivity contribution in [3.8, 4) is 11.8 Å². The van der Waals surface area contributed by atoms with Gasteiger partial charge in [-0.25, -0.2) is 0 Å². The molecule has 122 valence electrons. The summed E-state index contributed by atoms with van der Waals surface area (Å²) in [6, 6.07) is 14.0. The summed E-state index contributed by atoms with van der Waals surface area (Å²) >= 11 is 0.